The Hall–Kier alpha value is -3.03. The Bertz CT molecular complexity index is 1510. The Balaban J connectivity index is 1.22. The summed E-state index contributed by atoms with van der Waals surface area (Å²) >= 11 is 1.53. The number of nitrogens with one attached hydrogen (secondary N) is 1. The number of benzene rings is 1. The zero-order valence-electron chi connectivity index (χ0n) is 24.9. The highest BCUT2D eigenvalue weighted by atomic mass is 32.1. The van der Waals surface area contributed by atoms with Gasteiger partial charge >= 0.3 is 0 Å². The second kappa shape index (κ2) is 11.7. The summed E-state index contributed by atoms with van der Waals surface area (Å²) in [5.41, 5.74) is 6.24. The average molecular weight is 570 g/mol. The minimum absolute atomic E-state index is 0.00195. The maximum atomic E-state index is 13.7. The molecule has 1 saturated heterocycles. The lowest BCUT2D eigenvalue weighted by atomic mass is 9.71. The predicted molar refractivity (Wildman–Crippen MR) is 168 cm³/mol. The van der Waals surface area contributed by atoms with Crippen molar-refractivity contribution < 1.29 is 4.79 Å². The van der Waals surface area contributed by atoms with Gasteiger partial charge < -0.3 is 10.2 Å². The summed E-state index contributed by atoms with van der Waals surface area (Å²) in [6, 6.07) is 14.9. The van der Waals surface area contributed by atoms with Crippen LogP contribution in [0.4, 0.5) is 0 Å². The van der Waals surface area contributed by atoms with Crippen molar-refractivity contribution in [2.24, 2.45) is 18.4 Å². The van der Waals surface area contributed by atoms with Gasteiger partial charge in [-0.15, -0.1) is 11.3 Å². The molecule has 7 heteroatoms. The topological polar surface area (TPSA) is 63.1 Å². The first kappa shape index (κ1) is 28.1. The highest BCUT2D eigenvalue weighted by Gasteiger charge is 2.30. The number of carbonyl (C=O) groups is 1. The van der Waals surface area contributed by atoms with Crippen molar-refractivity contribution in [1.29, 1.82) is 0 Å². The zero-order chi connectivity index (χ0) is 28.6. The standard InChI is InChI=1S/C34H43N5OS/c1-34(2,3)27-12-13-28-25(21-27)20-26-22-31(41-33(26)37-28)32(40)36-29(15-19-39-17-6-5-7-18-39)23-8-10-24(11-9-23)30-14-16-35-38(30)4/h8-11,14,16,20,22,27,29H,5-7,12-13,15,17-19,21H2,1-4H3,(H,36,40)/t27-,29+/m0/s1. The number of hydrogen-bond acceptors (Lipinski definition) is 5. The number of nitrogens with zero attached hydrogens (tertiary/aromatic N) is 4. The molecule has 6 rings (SSSR count). The van der Waals surface area contributed by atoms with Gasteiger partial charge in [-0.2, -0.15) is 5.10 Å². The van der Waals surface area contributed by atoms with Gasteiger partial charge in [-0.1, -0.05) is 51.5 Å². The minimum atomic E-state index is -0.0519. The monoisotopic (exact) mass is 569 g/mol. The fraction of sp³-hybridized carbons (Fsp3) is 0.500. The molecular formula is C34H43N5OS. The molecule has 0 bridgehead atoms. The summed E-state index contributed by atoms with van der Waals surface area (Å²) in [5.74, 6) is 0.665. The summed E-state index contributed by atoms with van der Waals surface area (Å²) in [7, 11) is 1.96. The number of thiophene rings is 1. The van der Waals surface area contributed by atoms with Gasteiger partial charge in [0, 0.05) is 30.9 Å². The van der Waals surface area contributed by atoms with Crippen LogP contribution in [0.2, 0.25) is 0 Å². The van der Waals surface area contributed by atoms with Gasteiger partial charge in [0.15, 0.2) is 0 Å². The van der Waals surface area contributed by atoms with E-state index in [4.69, 9.17) is 4.98 Å². The van der Waals surface area contributed by atoms with Crippen LogP contribution in [-0.2, 0) is 19.9 Å². The molecule has 41 heavy (non-hydrogen) atoms. The van der Waals surface area contributed by atoms with E-state index in [0.717, 1.165) is 70.8 Å². The first-order valence-corrected chi connectivity index (χ1v) is 16.1. The van der Waals surface area contributed by atoms with E-state index >= 15 is 0 Å². The number of aryl methyl sites for hydroxylation is 2. The Morgan fingerprint density at radius 1 is 1.10 bits per heavy atom. The number of carbonyl (C=O) groups excluding carboxylic acids is 1. The van der Waals surface area contributed by atoms with Crippen molar-refractivity contribution in [1.82, 2.24) is 25.0 Å². The van der Waals surface area contributed by atoms with Gasteiger partial charge in [-0.05, 0) is 97.8 Å². The molecule has 1 aromatic carbocycles. The summed E-state index contributed by atoms with van der Waals surface area (Å²) in [6.45, 7) is 10.3. The Labute approximate surface area is 248 Å². The van der Waals surface area contributed by atoms with Gasteiger partial charge in [0.2, 0.25) is 0 Å². The molecule has 1 aliphatic carbocycles. The maximum Gasteiger partial charge on any atom is 0.261 e. The van der Waals surface area contributed by atoms with Gasteiger partial charge in [0.1, 0.15) is 4.83 Å². The van der Waals surface area contributed by atoms with Crippen molar-refractivity contribution in [3.63, 3.8) is 0 Å². The quantitative estimate of drug-likeness (QED) is 0.256. The second-order valence-corrected chi connectivity index (χ2v) is 14.1. The van der Waals surface area contributed by atoms with E-state index in [-0.39, 0.29) is 11.9 Å². The number of aromatic nitrogens is 3. The third kappa shape index (κ3) is 6.26. The van der Waals surface area contributed by atoms with Crippen LogP contribution >= 0.6 is 11.3 Å². The molecule has 4 aromatic rings. The van der Waals surface area contributed by atoms with Gasteiger partial charge in [-0.3, -0.25) is 9.48 Å². The SMILES string of the molecule is Cn1nccc1-c1ccc([C@@H](CCN2CCCCC2)NC(=O)c2cc3cc4c(nc3s2)CC[C@H](C(C)(C)C)C4)cc1. The summed E-state index contributed by atoms with van der Waals surface area (Å²) < 4.78 is 1.89. The smallest absolute Gasteiger partial charge is 0.261 e. The number of fused-ring (bicyclic) bond motifs is 2. The number of pyridine rings is 1. The number of hydrogen-bond donors (Lipinski definition) is 1. The molecule has 2 aliphatic rings. The molecule has 1 amide bonds. The Kier molecular flexibility index (Phi) is 8.01. The van der Waals surface area contributed by atoms with Crippen molar-refractivity contribution in [2.45, 2.75) is 71.8 Å². The van der Waals surface area contributed by atoms with Crippen molar-refractivity contribution in [3.05, 3.63) is 70.4 Å². The second-order valence-electron chi connectivity index (χ2n) is 13.1. The number of piperidine rings is 1. The predicted octanol–water partition coefficient (Wildman–Crippen LogP) is 7.19. The van der Waals surface area contributed by atoms with Crippen LogP contribution in [0.5, 0.6) is 0 Å². The van der Waals surface area contributed by atoms with Crippen molar-refractivity contribution in [2.75, 3.05) is 19.6 Å². The largest absolute Gasteiger partial charge is 0.344 e. The van der Waals surface area contributed by atoms with Crippen molar-refractivity contribution >= 4 is 27.5 Å². The summed E-state index contributed by atoms with van der Waals surface area (Å²) in [6.07, 6.45) is 9.87. The van der Waals surface area contributed by atoms with Gasteiger partial charge in [0.05, 0.1) is 16.6 Å². The van der Waals surface area contributed by atoms with E-state index in [2.05, 4.69) is 72.5 Å². The highest BCUT2D eigenvalue weighted by Crippen LogP contribution is 2.38. The molecule has 0 unspecified atom stereocenters. The van der Waals surface area contributed by atoms with Crippen LogP contribution in [-0.4, -0.2) is 45.2 Å². The molecule has 216 valence electrons. The third-order valence-corrected chi connectivity index (χ3v) is 10.3. The van der Waals surface area contributed by atoms with Crippen LogP contribution < -0.4 is 5.32 Å². The van der Waals surface area contributed by atoms with E-state index in [9.17, 15) is 4.79 Å². The van der Waals surface area contributed by atoms with Crippen LogP contribution in [0.25, 0.3) is 21.5 Å². The fourth-order valence-corrected chi connectivity index (χ4v) is 7.50. The van der Waals surface area contributed by atoms with Crippen LogP contribution in [0.15, 0.2) is 48.7 Å². The normalized spacial score (nSPS) is 18.8. The molecule has 3 aromatic heterocycles. The fourth-order valence-electron chi connectivity index (χ4n) is 6.56. The maximum absolute atomic E-state index is 13.7. The molecule has 1 aliphatic heterocycles. The molecule has 6 nitrogen and oxygen atoms in total. The molecule has 1 N–H and O–H groups in total. The zero-order valence-corrected chi connectivity index (χ0v) is 25.8. The molecule has 0 spiro atoms. The van der Waals surface area contributed by atoms with E-state index < -0.39 is 0 Å². The lowest BCUT2D eigenvalue weighted by Gasteiger charge is -2.34. The molecular weight excluding hydrogens is 526 g/mol. The van der Waals surface area contributed by atoms with Crippen LogP contribution in [0.3, 0.4) is 0 Å². The molecule has 2 atom stereocenters. The van der Waals surface area contributed by atoms with Gasteiger partial charge in [-0.25, -0.2) is 4.98 Å². The van der Waals surface area contributed by atoms with E-state index in [1.54, 1.807) is 0 Å². The van der Waals surface area contributed by atoms with E-state index in [0.29, 0.717) is 11.3 Å². The number of rotatable bonds is 7. The summed E-state index contributed by atoms with van der Waals surface area (Å²) in [5, 5.41) is 8.82. The van der Waals surface area contributed by atoms with Crippen LogP contribution in [0, 0.1) is 11.3 Å². The van der Waals surface area contributed by atoms with Gasteiger partial charge in [0.25, 0.3) is 5.91 Å². The lowest BCUT2D eigenvalue weighted by molar-refractivity contribution is 0.0934. The van der Waals surface area contributed by atoms with Crippen molar-refractivity contribution in [3.8, 4) is 11.3 Å². The first-order chi connectivity index (χ1) is 19.7. The minimum Gasteiger partial charge on any atom is -0.344 e. The van der Waals surface area contributed by atoms with E-state index in [1.807, 2.05) is 24.0 Å². The average Bonchev–Trinajstić information content (AvgIpc) is 3.59. The number of likely N-dealkylation sites (tertiary alicyclic amines) is 1. The Morgan fingerprint density at radius 3 is 2.59 bits per heavy atom. The third-order valence-electron chi connectivity index (χ3n) is 9.24. The number of amides is 1. The first-order valence-electron chi connectivity index (χ1n) is 15.3. The summed E-state index contributed by atoms with van der Waals surface area (Å²) in [4.78, 5) is 23.0. The molecule has 0 saturated carbocycles. The van der Waals surface area contributed by atoms with Crippen LogP contribution in [0.1, 0.15) is 85.4 Å². The molecule has 4 heterocycles. The highest BCUT2D eigenvalue weighted by molar-refractivity contribution is 7.20. The van der Waals surface area contributed by atoms with E-state index in [1.165, 1.54) is 48.3 Å². The molecule has 1 fully saturated rings. The molecule has 0 radical (unpaired) electrons. The lowest BCUT2D eigenvalue weighted by Crippen LogP contribution is -2.35. The Morgan fingerprint density at radius 2 is 1.88 bits per heavy atom.